The van der Waals surface area contributed by atoms with Crippen LogP contribution in [0.25, 0.3) is 17.1 Å². The predicted molar refractivity (Wildman–Crippen MR) is 112 cm³/mol. The molecule has 1 aliphatic rings. The summed E-state index contributed by atoms with van der Waals surface area (Å²) >= 11 is 18.4. The van der Waals surface area contributed by atoms with Crippen LogP contribution in [0.1, 0.15) is 10.6 Å². The van der Waals surface area contributed by atoms with Gasteiger partial charge in [0.1, 0.15) is 0 Å². The lowest BCUT2D eigenvalue weighted by Crippen LogP contribution is -2.48. The topological polar surface area (TPSA) is 72.3 Å². The molecule has 7 nitrogen and oxygen atoms in total. The molecule has 0 saturated carbocycles. The van der Waals surface area contributed by atoms with Gasteiger partial charge in [-0.1, -0.05) is 34.8 Å². The number of carbonyl (C=O) groups excluding carboxylic acids is 1. The van der Waals surface area contributed by atoms with Crippen LogP contribution >= 0.6 is 34.8 Å². The van der Waals surface area contributed by atoms with E-state index in [1.54, 1.807) is 47.5 Å². The molecule has 1 saturated heterocycles. The normalized spacial score (nSPS) is 14.7. The number of ether oxygens (including phenoxy) is 1. The number of nitrogens with one attached hydrogen (secondary N) is 1. The van der Waals surface area contributed by atoms with Gasteiger partial charge in [0.25, 0.3) is 0 Å². The van der Waals surface area contributed by atoms with Crippen LogP contribution in [0.15, 0.2) is 42.5 Å². The number of amides is 1. The van der Waals surface area contributed by atoms with Crippen LogP contribution in [-0.2, 0) is 4.74 Å². The predicted octanol–water partition coefficient (Wildman–Crippen LogP) is 3.87. The van der Waals surface area contributed by atoms with Gasteiger partial charge in [-0.25, -0.2) is 14.7 Å². The number of hydrogen-bond acceptors (Lipinski definition) is 5. The maximum absolute atomic E-state index is 12.7. The second-order valence-electron chi connectivity index (χ2n) is 6.31. The third-order valence-electron chi connectivity index (χ3n) is 4.32. The van der Waals surface area contributed by atoms with Crippen molar-refractivity contribution < 1.29 is 9.53 Å². The van der Waals surface area contributed by atoms with E-state index in [1.807, 2.05) is 0 Å². The molecule has 2 aromatic carbocycles. The van der Waals surface area contributed by atoms with E-state index < -0.39 is 5.91 Å². The highest BCUT2D eigenvalue weighted by atomic mass is 35.5. The van der Waals surface area contributed by atoms with Crippen molar-refractivity contribution in [2.45, 2.75) is 0 Å². The molecule has 3 aromatic rings. The second kappa shape index (κ2) is 8.69. The number of nitrogens with zero attached hydrogens (tertiary/aromatic N) is 4. The van der Waals surface area contributed by atoms with Crippen LogP contribution < -0.4 is 5.43 Å². The van der Waals surface area contributed by atoms with Crippen LogP contribution in [-0.4, -0.2) is 52.0 Å². The first kappa shape index (κ1) is 20.1. The van der Waals surface area contributed by atoms with Gasteiger partial charge >= 0.3 is 5.91 Å². The quantitative estimate of drug-likeness (QED) is 0.650. The Kier molecular flexibility index (Phi) is 6.03. The molecular weight excluding hydrogens is 437 g/mol. The van der Waals surface area contributed by atoms with Gasteiger partial charge in [0.05, 0.1) is 23.9 Å². The van der Waals surface area contributed by atoms with E-state index in [4.69, 9.17) is 39.5 Å². The van der Waals surface area contributed by atoms with Crippen molar-refractivity contribution in [3.05, 3.63) is 63.4 Å². The van der Waals surface area contributed by atoms with Crippen LogP contribution in [0.2, 0.25) is 15.1 Å². The van der Waals surface area contributed by atoms with Gasteiger partial charge in [-0.3, -0.25) is 10.2 Å². The van der Waals surface area contributed by atoms with E-state index in [1.165, 1.54) is 4.68 Å². The van der Waals surface area contributed by atoms with Gasteiger partial charge in [-0.15, -0.1) is 5.10 Å². The summed E-state index contributed by atoms with van der Waals surface area (Å²) in [5, 5.41) is 7.67. The molecule has 0 aliphatic carbocycles. The largest absolute Gasteiger partial charge is 0.379 e. The van der Waals surface area contributed by atoms with E-state index in [-0.39, 0.29) is 5.82 Å². The number of halogens is 3. The third kappa shape index (κ3) is 4.55. The number of morpholine rings is 1. The zero-order valence-electron chi connectivity index (χ0n) is 15.1. The average molecular weight is 453 g/mol. The first-order valence-corrected chi connectivity index (χ1v) is 9.97. The van der Waals surface area contributed by atoms with Crippen molar-refractivity contribution in [2.24, 2.45) is 0 Å². The van der Waals surface area contributed by atoms with Gasteiger partial charge in [-0.2, -0.15) is 0 Å². The number of aromatic nitrogens is 3. The lowest BCUT2D eigenvalue weighted by molar-refractivity contribution is 0.0123. The van der Waals surface area contributed by atoms with E-state index in [0.29, 0.717) is 52.9 Å². The van der Waals surface area contributed by atoms with Gasteiger partial charge in [0, 0.05) is 28.7 Å². The van der Waals surface area contributed by atoms with E-state index in [9.17, 15) is 4.79 Å². The van der Waals surface area contributed by atoms with Crippen LogP contribution in [0.3, 0.4) is 0 Å². The molecular formula is C19H16Cl3N5O2. The fraction of sp³-hybridized carbons (Fsp3) is 0.211. The van der Waals surface area contributed by atoms with E-state index in [2.05, 4.69) is 15.5 Å². The minimum atomic E-state index is -0.411. The Hall–Kier alpha value is -2.16. The van der Waals surface area contributed by atoms with Crippen molar-refractivity contribution in [1.29, 1.82) is 0 Å². The molecule has 2 heterocycles. The van der Waals surface area contributed by atoms with Crippen molar-refractivity contribution in [3.8, 4) is 17.1 Å². The molecule has 0 radical (unpaired) electrons. The van der Waals surface area contributed by atoms with Crippen molar-refractivity contribution in [1.82, 2.24) is 25.2 Å². The number of hydrogen-bond donors (Lipinski definition) is 1. The third-order valence-corrected chi connectivity index (χ3v) is 5.11. The molecule has 150 valence electrons. The standard InChI is InChI=1S/C19H16Cl3N5O2/c20-13-3-1-12(2-4-13)18-23-17(19(28)25-26-7-9-29-10-8-26)24-27(18)16-6-5-14(21)11-15(16)22/h1-6,11H,7-10H2,(H,25,28). The number of benzene rings is 2. The molecule has 1 fully saturated rings. The van der Waals surface area contributed by atoms with E-state index >= 15 is 0 Å². The molecule has 0 atom stereocenters. The average Bonchev–Trinajstić information content (AvgIpc) is 3.14. The van der Waals surface area contributed by atoms with Gasteiger partial charge < -0.3 is 4.74 Å². The molecule has 1 N–H and O–H groups in total. The Balaban J connectivity index is 1.73. The van der Waals surface area contributed by atoms with E-state index in [0.717, 1.165) is 5.56 Å². The molecule has 10 heteroatoms. The minimum absolute atomic E-state index is 0.0208. The zero-order valence-corrected chi connectivity index (χ0v) is 17.4. The number of hydrazine groups is 1. The molecule has 0 bridgehead atoms. The number of rotatable bonds is 4. The lowest BCUT2D eigenvalue weighted by Gasteiger charge is -2.26. The maximum Gasteiger partial charge on any atom is 0.305 e. The summed E-state index contributed by atoms with van der Waals surface area (Å²) in [6.45, 7) is 2.30. The fourth-order valence-electron chi connectivity index (χ4n) is 2.88. The van der Waals surface area contributed by atoms with Gasteiger partial charge in [0.2, 0.25) is 5.82 Å². The molecule has 29 heavy (non-hydrogen) atoms. The smallest absolute Gasteiger partial charge is 0.305 e. The zero-order chi connectivity index (χ0) is 20.4. The Bertz CT molecular complexity index is 1030. The van der Waals surface area contributed by atoms with Crippen molar-refractivity contribution >= 4 is 40.7 Å². The Morgan fingerprint density at radius 1 is 1.00 bits per heavy atom. The summed E-state index contributed by atoms with van der Waals surface area (Å²) in [5.74, 6) is 0.0661. The Morgan fingerprint density at radius 3 is 2.38 bits per heavy atom. The SMILES string of the molecule is O=C(NN1CCOCC1)c1nc(-c2ccc(Cl)cc2)n(-c2ccc(Cl)cc2Cl)n1. The molecule has 1 amide bonds. The molecule has 0 unspecified atom stereocenters. The maximum atomic E-state index is 12.7. The highest BCUT2D eigenvalue weighted by Gasteiger charge is 2.22. The van der Waals surface area contributed by atoms with Crippen molar-refractivity contribution in [2.75, 3.05) is 26.3 Å². The summed E-state index contributed by atoms with van der Waals surface area (Å²) < 4.78 is 6.82. The summed E-state index contributed by atoms with van der Waals surface area (Å²) in [4.78, 5) is 17.2. The molecule has 1 aliphatic heterocycles. The van der Waals surface area contributed by atoms with Crippen LogP contribution in [0.5, 0.6) is 0 Å². The molecule has 1 aromatic heterocycles. The monoisotopic (exact) mass is 451 g/mol. The minimum Gasteiger partial charge on any atom is -0.379 e. The fourth-order valence-corrected chi connectivity index (χ4v) is 3.50. The number of carbonyl (C=O) groups is 1. The highest BCUT2D eigenvalue weighted by molar-refractivity contribution is 6.35. The van der Waals surface area contributed by atoms with Gasteiger partial charge in [-0.05, 0) is 42.5 Å². The Labute approximate surface area is 182 Å². The Morgan fingerprint density at radius 2 is 1.69 bits per heavy atom. The lowest BCUT2D eigenvalue weighted by atomic mass is 10.2. The van der Waals surface area contributed by atoms with Crippen molar-refractivity contribution in [3.63, 3.8) is 0 Å². The summed E-state index contributed by atoms with van der Waals surface area (Å²) in [7, 11) is 0. The first-order chi connectivity index (χ1) is 14.0. The molecule has 0 spiro atoms. The van der Waals surface area contributed by atoms with Crippen LogP contribution in [0, 0.1) is 0 Å². The first-order valence-electron chi connectivity index (χ1n) is 8.83. The molecule has 4 rings (SSSR count). The second-order valence-corrected chi connectivity index (χ2v) is 7.59. The summed E-state index contributed by atoms with van der Waals surface area (Å²) in [6, 6.07) is 12.1. The highest BCUT2D eigenvalue weighted by Crippen LogP contribution is 2.28. The summed E-state index contributed by atoms with van der Waals surface area (Å²) in [6.07, 6.45) is 0. The summed E-state index contributed by atoms with van der Waals surface area (Å²) in [5.41, 5.74) is 4.10. The van der Waals surface area contributed by atoms with Gasteiger partial charge in [0.15, 0.2) is 5.82 Å². The van der Waals surface area contributed by atoms with Crippen LogP contribution in [0.4, 0.5) is 0 Å².